The van der Waals surface area contributed by atoms with Gasteiger partial charge in [0, 0.05) is 16.9 Å². The van der Waals surface area contributed by atoms with Crippen LogP contribution in [0.3, 0.4) is 0 Å². The van der Waals surface area contributed by atoms with Gasteiger partial charge in [-0.05, 0) is 68.3 Å². The number of esters is 1. The van der Waals surface area contributed by atoms with Crippen LogP contribution in [0.1, 0.15) is 43.0 Å². The topological polar surface area (TPSA) is 93.7 Å². The maximum absolute atomic E-state index is 12.4. The summed E-state index contributed by atoms with van der Waals surface area (Å²) in [6, 6.07) is 13.6. The van der Waals surface area contributed by atoms with Gasteiger partial charge in [0.15, 0.2) is 6.61 Å². The molecule has 0 bridgehead atoms. The number of nitrogens with one attached hydrogen (secondary N) is 2. The number of carbonyl (C=O) groups is 3. The van der Waals surface area contributed by atoms with Crippen LogP contribution in [0.2, 0.25) is 0 Å². The molecule has 7 heteroatoms. The average Bonchev–Trinajstić information content (AvgIpc) is 3.29. The Kier molecular flexibility index (Phi) is 7.43. The van der Waals surface area contributed by atoms with Crippen LogP contribution in [-0.2, 0) is 14.3 Å². The maximum Gasteiger partial charge on any atom is 0.309 e. The number of amides is 2. The van der Waals surface area contributed by atoms with Crippen molar-refractivity contribution in [1.82, 2.24) is 0 Å². The fraction of sp³-hybridized carbons (Fsp3) is 0.348. The van der Waals surface area contributed by atoms with Crippen LogP contribution >= 0.6 is 0 Å². The fourth-order valence-electron chi connectivity index (χ4n) is 3.32. The van der Waals surface area contributed by atoms with Gasteiger partial charge in [0.25, 0.3) is 11.8 Å². The van der Waals surface area contributed by atoms with Gasteiger partial charge in [-0.2, -0.15) is 0 Å². The third kappa shape index (κ3) is 6.07. The number of carbonyl (C=O) groups excluding carboxylic acids is 3. The number of rotatable bonds is 8. The Morgan fingerprint density at radius 2 is 1.50 bits per heavy atom. The summed E-state index contributed by atoms with van der Waals surface area (Å²) in [6.07, 6.45) is 3.73. The minimum atomic E-state index is -0.409. The summed E-state index contributed by atoms with van der Waals surface area (Å²) in [5, 5.41) is 5.47. The van der Waals surface area contributed by atoms with Crippen molar-refractivity contribution >= 4 is 29.2 Å². The summed E-state index contributed by atoms with van der Waals surface area (Å²) >= 11 is 0. The molecule has 30 heavy (non-hydrogen) atoms. The fourth-order valence-corrected chi connectivity index (χ4v) is 3.32. The molecule has 3 rings (SSSR count). The molecular formula is C23H26N2O5. The predicted molar refractivity (Wildman–Crippen MR) is 114 cm³/mol. The zero-order chi connectivity index (χ0) is 21.3. The molecule has 1 fully saturated rings. The van der Waals surface area contributed by atoms with E-state index < -0.39 is 5.91 Å². The van der Waals surface area contributed by atoms with E-state index in [2.05, 4.69) is 10.6 Å². The second-order valence-corrected chi connectivity index (χ2v) is 7.13. The minimum absolute atomic E-state index is 0.0778. The van der Waals surface area contributed by atoms with E-state index in [9.17, 15) is 14.4 Å². The molecule has 1 saturated carbocycles. The van der Waals surface area contributed by atoms with Gasteiger partial charge in [0.2, 0.25) is 0 Å². The number of benzene rings is 2. The molecule has 2 aromatic rings. The second-order valence-electron chi connectivity index (χ2n) is 7.13. The first-order chi connectivity index (χ1) is 14.5. The van der Waals surface area contributed by atoms with Crippen LogP contribution in [0.5, 0.6) is 5.75 Å². The molecule has 1 aliphatic rings. The SMILES string of the molecule is CCOc1ccc(NC(=O)c2ccc(NC(=O)COC(=O)C3CCCC3)cc2)cc1. The van der Waals surface area contributed by atoms with Gasteiger partial charge >= 0.3 is 5.97 Å². The van der Waals surface area contributed by atoms with E-state index in [-0.39, 0.29) is 24.4 Å². The first-order valence-corrected chi connectivity index (χ1v) is 10.2. The molecule has 0 aliphatic heterocycles. The Hall–Kier alpha value is -3.35. The molecule has 158 valence electrons. The number of hydrogen-bond acceptors (Lipinski definition) is 5. The molecule has 2 N–H and O–H groups in total. The largest absolute Gasteiger partial charge is 0.494 e. The van der Waals surface area contributed by atoms with Crippen molar-refractivity contribution in [2.75, 3.05) is 23.8 Å². The van der Waals surface area contributed by atoms with Gasteiger partial charge in [-0.1, -0.05) is 12.8 Å². The van der Waals surface area contributed by atoms with Crippen LogP contribution < -0.4 is 15.4 Å². The van der Waals surface area contributed by atoms with Crippen molar-refractivity contribution in [1.29, 1.82) is 0 Å². The van der Waals surface area contributed by atoms with E-state index in [1.807, 2.05) is 6.92 Å². The lowest BCUT2D eigenvalue weighted by atomic mass is 10.1. The zero-order valence-electron chi connectivity index (χ0n) is 17.0. The van der Waals surface area contributed by atoms with E-state index >= 15 is 0 Å². The summed E-state index contributed by atoms with van der Waals surface area (Å²) < 4.78 is 10.5. The monoisotopic (exact) mass is 410 g/mol. The highest BCUT2D eigenvalue weighted by Crippen LogP contribution is 2.25. The molecule has 0 aromatic heterocycles. The molecule has 0 atom stereocenters. The number of anilines is 2. The number of ether oxygens (including phenoxy) is 2. The average molecular weight is 410 g/mol. The lowest BCUT2D eigenvalue weighted by molar-refractivity contribution is -0.151. The molecule has 0 radical (unpaired) electrons. The van der Waals surface area contributed by atoms with Gasteiger partial charge in [-0.3, -0.25) is 14.4 Å². The van der Waals surface area contributed by atoms with Crippen LogP contribution in [0.25, 0.3) is 0 Å². The first-order valence-electron chi connectivity index (χ1n) is 10.2. The van der Waals surface area contributed by atoms with Crippen LogP contribution in [-0.4, -0.2) is 31.0 Å². The van der Waals surface area contributed by atoms with Gasteiger partial charge in [-0.25, -0.2) is 0 Å². The Labute approximate surface area is 175 Å². The second kappa shape index (κ2) is 10.4. The molecule has 2 aromatic carbocycles. The van der Waals surface area contributed by atoms with Gasteiger partial charge in [0.1, 0.15) is 5.75 Å². The third-order valence-electron chi connectivity index (χ3n) is 4.89. The molecule has 7 nitrogen and oxygen atoms in total. The quantitative estimate of drug-likeness (QED) is 0.642. The summed E-state index contributed by atoms with van der Waals surface area (Å²) in [7, 11) is 0. The lowest BCUT2D eigenvalue weighted by Crippen LogP contribution is -2.23. The van der Waals surface area contributed by atoms with Crippen LogP contribution in [0.4, 0.5) is 11.4 Å². The maximum atomic E-state index is 12.4. The van der Waals surface area contributed by atoms with E-state index in [0.717, 1.165) is 31.4 Å². The standard InChI is InChI=1S/C23H26N2O5/c1-2-29-20-13-11-19(12-14-20)25-22(27)16-7-9-18(10-8-16)24-21(26)15-30-23(28)17-5-3-4-6-17/h7-14,17H,2-6,15H2,1H3,(H,24,26)(H,25,27). The Bertz CT molecular complexity index is 871. The highest BCUT2D eigenvalue weighted by molar-refractivity contribution is 6.04. The van der Waals surface area contributed by atoms with Crippen molar-refractivity contribution in [2.45, 2.75) is 32.6 Å². The van der Waals surface area contributed by atoms with Crippen molar-refractivity contribution < 1.29 is 23.9 Å². The third-order valence-corrected chi connectivity index (χ3v) is 4.89. The highest BCUT2D eigenvalue weighted by Gasteiger charge is 2.24. The summed E-state index contributed by atoms with van der Waals surface area (Å²) in [5.74, 6) is -0.310. The van der Waals surface area contributed by atoms with Gasteiger partial charge < -0.3 is 20.1 Å². The van der Waals surface area contributed by atoms with Gasteiger partial charge in [-0.15, -0.1) is 0 Å². The van der Waals surface area contributed by atoms with E-state index in [0.29, 0.717) is 23.5 Å². The lowest BCUT2D eigenvalue weighted by Gasteiger charge is -2.10. The molecule has 0 heterocycles. The zero-order valence-corrected chi connectivity index (χ0v) is 17.0. The Balaban J connectivity index is 1.47. The van der Waals surface area contributed by atoms with E-state index in [1.54, 1.807) is 48.5 Å². The molecule has 0 saturated heterocycles. The van der Waals surface area contributed by atoms with Gasteiger partial charge in [0.05, 0.1) is 12.5 Å². The minimum Gasteiger partial charge on any atom is -0.494 e. The van der Waals surface area contributed by atoms with Crippen molar-refractivity contribution in [3.8, 4) is 5.75 Å². The Morgan fingerprint density at radius 1 is 0.900 bits per heavy atom. The summed E-state index contributed by atoms with van der Waals surface area (Å²) in [4.78, 5) is 36.2. The predicted octanol–water partition coefficient (Wildman–Crippen LogP) is 4.01. The molecular weight excluding hydrogens is 384 g/mol. The van der Waals surface area contributed by atoms with Crippen molar-refractivity contribution in [2.24, 2.45) is 5.92 Å². The van der Waals surface area contributed by atoms with Crippen LogP contribution in [0, 0.1) is 5.92 Å². The summed E-state index contributed by atoms with van der Waals surface area (Å²) in [5.41, 5.74) is 1.63. The first kappa shape index (κ1) is 21.4. The van der Waals surface area contributed by atoms with Crippen LogP contribution in [0.15, 0.2) is 48.5 Å². The summed E-state index contributed by atoms with van der Waals surface area (Å²) in [6.45, 7) is 2.18. The smallest absolute Gasteiger partial charge is 0.309 e. The number of hydrogen-bond donors (Lipinski definition) is 2. The Morgan fingerprint density at radius 3 is 2.13 bits per heavy atom. The van der Waals surface area contributed by atoms with Crippen molar-refractivity contribution in [3.63, 3.8) is 0 Å². The van der Waals surface area contributed by atoms with E-state index in [4.69, 9.17) is 9.47 Å². The molecule has 0 spiro atoms. The molecule has 1 aliphatic carbocycles. The molecule has 2 amide bonds. The highest BCUT2D eigenvalue weighted by atomic mass is 16.5. The normalized spacial score (nSPS) is 13.5. The molecule has 0 unspecified atom stereocenters. The van der Waals surface area contributed by atoms with Crippen molar-refractivity contribution in [3.05, 3.63) is 54.1 Å². The van der Waals surface area contributed by atoms with E-state index in [1.165, 1.54) is 0 Å².